The molecule has 2 aromatic rings. The van der Waals surface area contributed by atoms with Gasteiger partial charge in [0, 0.05) is 31.7 Å². The van der Waals surface area contributed by atoms with E-state index >= 15 is 0 Å². The summed E-state index contributed by atoms with van der Waals surface area (Å²) in [6.45, 7) is 3.38. The van der Waals surface area contributed by atoms with E-state index in [0.717, 1.165) is 0 Å². The number of ether oxygens (including phenoxy) is 1. The molecule has 1 aliphatic heterocycles. The number of aryl methyl sites for hydroxylation is 1. The average Bonchev–Trinajstić information content (AvgIpc) is 3.07. The van der Waals surface area contributed by atoms with Crippen molar-refractivity contribution in [2.75, 3.05) is 32.8 Å². The first-order valence-corrected chi connectivity index (χ1v) is 8.22. The van der Waals surface area contributed by atoms with E-state index in [1.807, 2.05) is 0 Å². The van der Waals surface area contributed by atoms with Crippen molar-refractivity contribution in [3.05, 3.63) is 47.4 Å². The Labute approximate surface area is 149 Å². The summed E-state index contributed by atoms with van der Waals surface area (Å²) in [5.74, 6) is 0.129. The summed E-state index contributed by atoms with van der Waals surface area (Å²) in [6.07, 6.45) is 0. The maximum Gasteiger partial charge on any atom is 0.253 e. The van der Waals surface area contributed by atoms with Gasteiger partial charge >= 0.3 is 0 Å². The Balaban J connectivity index is 1.43. The molecule has 138 valence electrons. The molecule has 1 aliphatic rings. The summed E-state index contributed by atoms with van der Waals surface area (Å²) in [5.41, 5.74) is 0.435. The first-order chi connectivity index (χ1) is 12.5. The number of hydrogen-bond acceptors (Lipinski definition) is 6. The van der Waals surface area contributed by atoms with Gasteiger partial charge in [-0.05, 0) is 31.2 Å². The van der Waals surface area contributed by atoms with E-state index in [9.17, 15) is 14.0 Å². The predicted molar refractivity (Wildman–Crippen MR) is 87.6 cm³/mol. The summed E-state index contributed by atoms with van der Waals surface area (Å²) in [5, 5.41) is 3.64. The lowest BCUT2D eigenvalue weighted by Gasteiger charge is -2.34. The predicted octanol–water partition coefficient (Wildman–Crippen LogP) is 1.02. The molecule has 3 rings (SSSR count). The molecule has 0 N–H and O–H groups in total. The highest BCUT2D eigenvalue weighted by Crippen LogP contribution is 2.10. The average molecular weight is 362 g/mol. The molecule has 1 aromatic heterocycles. The summed E-state index contributed by atoms with van der Waals surface area (Å²) in [6, 6.07) is 5.44. The largest absolute Gasteiger partial charge is 0.362 e. The molecule has 2 heterocycles. The molecular weight excluding hydrogens is 343 g/mol. The minimum atomic E-state index is -0.382. The number of piperazine rings is 1. The standard InChI is InChI=1S/C17H19FN4O4/c1-12-19-15(26-20-12)10-25-11-16(23)21-6-8-22(9-7-21)17(24)13-2-4-14(18)5-3-13/h2-5H,6-11H2,1H3. The van der Waals surface area contributed by atoms with Crippen LogP contribution < -0.4 is 0 Å². The Morgan fingerprint density at radius 2 is 1.81 bits per heavy atom. The number of rotatable bonds is 5. The molecule has 0 unspecified atom stereocenters. The highest BCUT2D eigenvalue weighted by atomic mass is 19.1. The Bertz CT molecular complexity index is 769. The number of amides is 2. The molecule has 26 heavy (non-hydrogen) atoms. The van der Waals surface area contributed by atoms with Crippen LogP contribution in [-0.2, 0) is 16.1 Å². The van der Waals surface area contributed by atoms with Gasteiger partial charge in [-0.1, -0.05) is 5.16 Å². The minimum absolute atomic E-state index is 0.0790. The van der Waals surface area contributed by atoms with Crippen molar-refractivity contribution in [3.63, 3.8) is 0 Å². The SMILES string of the molecule is Cc1noc(COCC(=O)N2CCN(C(=O)c3ccc(F)cc3)CC2)n1. The van der Waals surface area contributed by atoms with Crippen molar-refractivity contribution in [2.24, 2.45) is 0 Å². The fourth-order valence-electron chi connectivity index (χ4n) is 2.65. The zero-order chi connectivity index (χ0) is 18.5. The van der Waals surface area contributed by atoms with Gasteiger partial charge in [-0.2, -0.15) is 4.98 Å². The number of benzene rings is 1. The maximum absolute atomic E-state index is 12.9. The van der Waals surface area contributed by atoms with E-state index in [2.05, 4.69) is 10.1 Å². The van der Waals surface area contributed by atoms with Crippen LogP contribution in [0.15, 0.2) is 28.8 Å². The van der Waals surface area contributed by atoms with Gasteiger partial charge in [0.25, 0.3) is 11.8 Å². The van der Waals surface area contributed by atoms with Crippen LogP contribution in [0.5, 0.6) is 0 Å². The lowest BCUT2D eigenvalue weighted by Crippen LogP contribution is -2.51. The van der Waals surface area contributed by atoms with Gasteiger partial charge in [0.1, 0.15) is 19.0 Å². The summed E-state index contributed by atoms with van der Waals surface area (Å²) >= 11 is 0. The summed E-state index contributed by atoms with van der Waals surface area (Å²) in [7, 11) is 0. The molecule has 8 nitrogen and oxygen atoms in total. The number of halogens is 1. The van der Waals surface area contributed by atoms with Crippen molar-refractivity contribution in [3.8, 4) is 0 Å². The van der Waals surface area contributed by atoms with E-state index in [-0.39, 0.29) is 30.8 Å². The van der Waals surface area contributed by atoms with Crippen LogP contribution in [0.25, 0.3) is 0 Å². The Morgan fingerprint density at radius 1 is 1.15 bits per heavy atom. The summed E-state index contributed by atoms with van der Waals surface area (Å²) in [4.78, 5) is 31.8. The first-order valence-electron chi connectivity index (χ1n) is 8.22. The zero-order valence-electron chi connectivity index (χ0n) is 14.4. The zero-order valence-corrected chi connectivity index (χ0v) is 14.4. The lowest BCUT2D eigenvalue weighted by atomic mass is 10.2. The number of carbonyl (C=O) groups excluding carboxylic acids is 2. The number of aromatic nitrogens is 2. The van der Waals surface area contributed by atoms with Gasteiger partial charge < -0.3 is 19.1 Å². The molecule has 0 radical (unpaired) electrons. The third kappa shape index (κ3) is 4.42. The second kappa shape index (κ2) is 8.05. The van der Waals surface area contributed by atoms with Crippen LogP contribution in [-0.4, -0.2) is 64.5 Å². The molecule has 1 fully saturated rings. The van der Waals surface area contributed by atoms with Crippen LogP contribution >= 0.6 is 0 Å². The van der Waals surface area contributed by atoms with Crippen molar-refractivity contribution >= 4 is 11.8 Å². The molecule has 9 heteroatoms. The molecule has 1 saturated heterocycles. The van der Waals surface area contributed by atoms with E-state index in [0.29, 0.717) is 43.5 Å². The number of carbonyl (C=O) groups is 2. The second-order valence-electron chi connectivity index (χ2n) is 5.91. The minimum Gasteiger partial charge on any atom is -0.362 e. The van der Waals surface area contributed by atoms with Crippen molar-refractivity contribution in [1.29, 1.82) is 0 Å². The monoisotopic (exact) mass is 362 g/mol. The Kier molecular flexibility index (Phi) is 5.57. The van der Waals surface area contributed by atoms with Crippen molar-refractivity contribution < 1.29 is 23.2 Å². The third-order valence-corrected chi connectivity index (χ3v) is 4.03. The number of hydrogen-bond donors (Lipinski definition) is 0. The third-order valence-electron chi connectivity index (χ3n) is 4.03. The topological polar surface area (TPSA) is 88.8 Å². The molecule has 2 amide bonds. The van der Waals surface area contributed by atoms with Gasteiger partial charge in [0.15, 0.2) is 5.82 Å². The van der Waals surface area contributed by atoms with Gasteiger partial charge in [0.2, 0.25) is 5.91 Å². The smallest absolute Gasteiger partial charge is 0.253 e. The van der Waals surface area contributed by atoms with Crippen LogP contribution in [0.2, 0.25) is 0 Å². The molecule has 0 atom stereocenters. The van der Waals surface area contributed by atoms with E-state index in [1.54, 1.807) is 16.7 Å². The quantitative estimate of drug-likeness (QED) is 0.789. The van der Waals surface area contributed by atoms with Crippen LogP contribution in [0.1, 0.15) is 22.1 Å². The first kappa shape index (κ1) is 18.0. The van der Waals surface area contributed by atoms with Crippen molar-refractivity contribution in [2.45, 2.75) is 13.5 Å². The number of nitrogens with zero attached hydrogens (tertiary/aromatic N) is 4. The molecule has 0 aliphatic carbocycles. The molecule has 0 saturated carbocycles. The maximum atomic E-state index is 12.9. The highest BCUT2D eigenvalue weighted by molar-refractivity contribution is 5.94. The van der Waals surface area contributed by atoms with Crippen LogP contribution in [0, 0.1) is 12.7 Å². The molecule has 0 spiro atoms. The van der Waals surface area contributed by atoms with Crippen LogP contribution in [0.3, 0.4) is 0 Å². The van der Waals surface area contributed by atoms with E-state index < -0.39 is 0 Å². The molecule has 0 bridgehead atoms. The van der Waals surface area contributed by atoms with Gasteiger partial charge in [-0.3, -0.25) is 9.59 Å². The van der Waals surface area contributed by atoms with Crippen molar-refractivity contribution in [1.82, 2.24) is 19.9 Å². The molecule has 1 aromatic carbocycles. The normalized spacial score (nSPS) is 14.5. The van der Waals surface area contributed by atoms with Crippen LogP contribution in [0.4, 0.5) is 4.39 Å². The Hall–Kier alpha value is -2.81. The fraction of sp³-hybridized carbons (Fsp3) is 0.412. The van der Waals surface area contributed by atoms with E-state index in [4.69, 9.17) is 9.26 Å². The Morgan fingerprint density at radius 3 is 2.42 bits per heavy atom. The second-order valence-corrected chi connectivity index (χ2v) is 5.91. The molecular formula is C17H19FN4O4. The summed E-state index contributed by atoms with van der Waals surface area (Å²) < 4.78 is 23.2. The van der Waals surface area contributed by atoms with E-state index in [1.165, 1.54) is 24.3 Å². The highest BCUT2D eigenvalue weighted by Gasteiger charge is 2.25. The van der Waals surface area contributed by atoms with Gasteiger partial charge in [-0.25, -0.2) is 4.39 Å². The van der Waals surface area contributed by atoms with Gasteiger partial charge in [-0.15, -0.1) is 0 Å². The fourth-order valence-corrected chi connectivity index (χ4v) is 2.65. The van der Waals surface area contributed by atoms with Gasteiger partial charge in [0.05, 0.1) is 0 Å². The lowest BCUT2D eigenvalue weighted by molar-refractivity contribution is -0.138.